The molecule has 1 aromatic carbocycles. The molecule has 0 fully saturated rings. The van der Waals surface area contributed by atoms with Crippen LogP contribution in [-0.4, -0.2) is 14.5 Å². The second-order valence-electron chi connectivity index (χ2n) is 4.50. The zero-order chi connectivity index (χ0) is 15.0. The molecule has 3 aromatic rings. The first kappa shape index (κ1) is 13.9. The highest BCUT2D eigenvalue weighted by Crippen LogP contribution is 2.30. The summed E-state index contributed by atoms with van der Waals surface area (Å²) in [6.07, 6.45) is -2.97. The summed E-state index contributed by atoms with van der Waals surface area (Å²) in [6.45, 7) is 0.412. The summed E-state index contributed by atoms with van der Waals surface area (Å²) >= 11 is 5.82. The average Bonchev–Trinajstić information content (AvgIpc) is 2.83. The Balaban J connectivity index is 2.10. The highest BCUT2D eigenvalue weighted by Gasteiger charge is 2.35. The minimum absolute atomic E-state index is 0.172. The standard InChI is InChI=1S/C14H9ClF3N3/c15-11-10-6-7-21(8-9-4-2-1-3-5-9)12(10)20-13(19-11)14(16,17)18/h1-7H,8H2. The summed E-state index contributed by atoms with van der Waals surface area (Å²) in [5, 5.41) is 0.208. The Morgan fingerprint density at radius 1 is 1.05 bits per heavy atom. The SMILES string of the molecule is FC(F)(F)c1nc(Cl)c2ccn(Cc3ccccc3)c2n1. The molecular weight excluding hydrogens is 303 g/mol. The predicted molar refractivity (Wildman–Crippen MR) is 73.1 cm³/mol. The second-order valence-corrected chi connectivity index (χ2v) is 4.86. The molecule has 3 nitrogen and oxygen atoms in total. The Morgan fingerprint density at radius 2 is 1.76 bits per heavy atom. The van der Waals surface area contributed by atoms with Gasteiger partial charge in [0.15, 0.2) is 0 Å². The maximum absolute atomic E-state index is 12.8. The normalized spacial score (nSPS) is 12.0. The van der Waals surface area contributed by atoms with Gasteiger partial charge in [-0.15, -0.1) is 0 Å². The second kappa shape index (κ2) is 5.04. The van der Waals surface area contributed by atoms with Gasteiger partial charge in [0.2, 0.25) is 5.82 Å². The van der Waals surface area contributed by atoms with Gasteiger partial charge in [0.25, 0.3) is 0 Å². The van der Waals surface area contributed by atoms with Crippen LogP contribution in [0.3, 0.4) is 0 Å². The fourth-order valence-electron chi connectivity index (χ4n) is 2.06. The molecule has 0 unspecified atom stereocenters. The molecule has 0 aliphatic rings. The minimum atomic E-state index is -4.63. The number of benzene rings is 1. The van der Waals surface area contributed by atoms with E-state index in [1.165, 1.54) is 0 Å². The monoisotopic (exact) mass is 311 g/mol. The van der Waals surface area contributed by atoms with Crippen LogP contribution in [0.25, 0.3) is 11.0 Å². The first-order valence-electron chi connectivity index (χ1n) is 6.08. The Morgan fingerprint density at radius 3 is 2.43 bits per heavy atom. The molecule has 0 atom stereocenters. The molecular formula is C14H9ClF3N3. The zero-order valence-electron chi connectivity index (χ0n) is 10.6. The molecule has 108 valence electrons. The van der Waals surface area contributed by atoms with Crippen LogP contribution in [0.2, 0.25) is 5.15 Å². The summed E-state index contributed by atoms with van der Waals surface area (Å²) < 4.78 is 39.9. The van der Waals surface area contributed by atoms with Crippen LogP contribution in [0.1, 0.15) is 11.4 Å². The summed E-state index contributed by atoms with van der Waals surface area (Å²) in [7, 11) is 0. The van der Waals surface area contributed by atoms with Gasteiger partial charge < -0.3 is 4.57 Å². The summed E-state index contributed by atoms with van der Waals surface area (Å²) in [5.41, 5.74) is 1.13. The van der Waals surface area contributed by atoms with Crippen molar-refractivity contribution in [2.45, 2.75) is 12.7 Å². The van der Waals surface area contributed by atoms with Gasteiger partial charge in [-0.05, 0) is 11.6 Å². The molecule has 0 saturated carbocycles. The van der Waals surface area contributed by atoms with Crippen LogP contribution in [0.4, 0.5) is 13.2 Å². The lowest BCUT2D eigenvalue weighted by molar-refractivity contribution is -0.144. The number of alkyl halides is 3. The molecule has 7 heteroatoms. The van der Waals surface area contributed by atoms with E-state index in [-0.39, 0.29) is 10.8 Å². The van der Waals surface area contributed by atoms with Crippen molar-refractivity contribution in [2.75, 3.05) is 0 Å². The maximum Gasteiger partial charge on any atom is 0.451 e. The van der Waals surface area contributed by atoms with Crippen molar-refractivity contribution in [1.82, 2.24) is 14.5 Å². The van der Waals surface area contributed by atoms with Gasteiger partial charge >= 0.3 is 6.18 Å². The van der Waals surface area contributed by atoms with E-state index in [1.54, 1.807) is 16.8 Å². The van der Waals surface area contributed by atoms with Crippen LogP contribution < -0.4 is 0 Å². The minimum Gasteiger partial charge on any atom is -0.328 e. The number of nitrogens with zero attached hydrogens (tertiary/aromatic N) is 3. The number of rotatable bonds is 2. The number of fused-ring (bicyclic) bond motifs is 1. The molecule has 2 aromatic heterocycles. The zero-order valence-corrected chi connectivity index (χ0v) is 11.4. The summed E-state index contributed by atoms with van der Waals surface area (Å²) in [4.78, 5) is 6.91. The van der Waals surface area contributed by atoms with Crippen molar-refractivity contribution >= 4 is 22.6 Å². The van der Waals surface area contributed by atoms with E-state index in [9.17, 15) is 13.2 Å². The molecule has 2 heterocycles. The quantitative estimate of drug-likeness (QED) is 0.666. The van der Waals surface area contributed by atoms with Gasteiger partial charge in [-0.2, -0.15) is 13.2 Å². The lowest BCUT2D eigenvalue weighted by Crippen LogP contribution is -2.12. The van der Waals surface area contributed by atoms with E-state index in [4.69, 9.17) is 11.6 Å². The van der Waals surface area contributed by atoms with Crippen molar-refractivity contribution in [3.8, 4) is 0 Å². The van der Waals surface area contributed by atoms with Crippen molar-refractivity contribution in [2.24, 2.45) is 0 Å². The lowest BCUT2D eigenvalue weighted by Gasteiger charge is -2.08. The number of aromatic nitrogens is 3. The molecule has 0 radical (unpaired) electrons. The van der Waals surface area contributed by atoms with E-state index < -0.39 is 12.0 Å². The highest BCUT2D eigenvalue weighted by atomic mass is 35.5. The Hall–Kier alpha value is -2.08. The number of hydrogen-bond acceptors (Lipinski definition) is 2. The van der Waals surface area contributed by atoms with E-state index in [0.29, 0.717) is 11.9 Å². The summed E-state index contributed by atoms with van der Waals surface area (Å²) in [6, 6.07) is 11.0. The first-order chi connectivity index (χ1) is 9.95. The average molecular weight is 312 g/mol. The van der Waals surface area contributed by atoms with E-state index in [2.05, 4.69) is 9.97 Å². The third-order valence-electron chi connectivity index (χ3n) is 3.02. The number of halogens is 4. The van der Waals surface area contributed by atoms with Gasteiger partial charge in [0.1, 0.15) is 10.8 Å². The topological polar surface area (TPSA) is 30.7 Å². The molecule has 21 heavy (non-hydrogen) atoms. The molecule has 0 N–H and O–H groups in total. The third kappa shape index (κ3) is 2.71. The van der Waals surface area contributed by atoms with Crippen LogP contribution >= 0.6 is 11.6 Å². The maximum atomic E-state index is 12.8. The summed E-state index contributed by atoms with van der Waals surface area (Å²) in [5.74, 6) is -1.23. The molecule has 0 aliphatic carbocycles. The number of hydrogen-bond donors (Lipinski definition) is 0. The van der Waals surface area contributed by atoms with Crippen LogP contribution in [-0.2, 0) is 12.7 Å². The van der Waals surface area contributed by atoms with Crippen molar-refractivity contribution in [3.63, 3.8) is 0 Å². The molecule has 0 aliphatic heterocycles. The Labute approximate surface area is 123 Å². The fourth-order valence-corrected chi connectivity index (χ4v) is 2.29. The lowest BCUT2D eigenvalue weighted by atomic mass is 10.2. The molecule has 0 spiro atoms. The van der Waals surface area contributed by atoms with Crippen LogP contribution in [0.15, 0.2) is 42.6 Å². The molecule has 0 amide bonds. The van der Waals surface area contributed by atoms with Gasteiger partial charge in [-0.3, -0.25) is 0 Å². The van der Waals surface area contributed by atoms with E-state index in [1.807, 2.05) is 30.3 Å². The Kier molecular flexibility index (Phi) is 3.33. The van der Waals surface area contributed by atoms with Crippen molar-refractivity contribution < 1.29 is 13.2 Å². The van der Waals surface area contributed by atoms with E-state index in [0.717, 1.165) is 5.56 Å². The fraction of sp³-hybridized carbons (Fsp3) is 0.143. The Bertz CT molecular complexity index is 781. The molecule has 3 rings (SSSR count). The van der Waals surface area contributed by atoms with Crippen LogP contribution in [0, 0.1) is 0 Å². The van der Waals surface area contributed by atoms with Crippen molar-refractivity contribution in [1.29, 1.82) is 0 Å². The van der Waals surface area contributed by atoms with Gasteiger partial charge in [0.05, 0.1) is 5.39 Å². The smallest absolute Gasteiger partial charge is 0.328 e. The third-order valence-corrected chi connectivity index (χ3v) is 3.31. The first-order valence-corrected chi connectivity index (χ1v) is 6.46. The van der Waals surface area contributed by atoms with Gasteiger partial charge in [-0.25, -0.2) is 9.97 Å². The molecule has 0 bridgehead atoms. The van der Waals surface area contributed by atoms with Crippen LogP contribution in [0.5, 0.6) is 0 Å². The predicted octanol–water partition coefficient (Wildman–Crippen LogP) is 4.15. The molecule has 0 saturated heterocycles. The van der Waals surface area contributed by atoms with Gasteiger partial charge in [-0.1, -0.05) is 41.9 Å². The highest BCUT2D eigenvalue weighted by molar-refractivity contribution is 6.33. The van der Waals surface area contributed by atoms with Crippen molar-refractivity contribution in [3.05, 3.63) is 59.1 Å². The van der Waals surface area contributed by atoms with E-state index >= 15 is 0 Å². The van der Waals surface area contributed by atoms with Gasteiger partial charge in [0, 0.05) is 12.7 Å². The largest absolute Gasteiger partial charge is 0.451 e.